The van der Waals surface area contributed by atoms with Gasteiger partial charge in [-0.25, -0.2) is 0 Å². The summed E-state index contributed by atoms with van der Waals surface area (Å²) >= 11 is 0. The van der Waals surface area contributed by atoms with E-state index in [-0.39, 0.29) is 31.7 Å². The molecule has 2 aliphatic rings. The number of ether oxygens (including phenoxy) is 1. The van der Waals surface area contributed by atoms with Crippen LogP contribution in [0.15, 0.2) is 0 Å². The molecule has 0 spiro atoms. The highest BCUT2D eigenvalue weighted by atomic mass is 35.5. The minimum atomic E-state index is -4.79. The monoisotopic (exact) mass is 260 g/mol. The zero-order valence-corrected chi connectivity index (χ0v) is 9.11. The van der Waals surface area contributed by atoms with Gasteiger partial charge in [-0.15, -0.1) is 12.4 Å². The summed E-state index contributed by atoms with van der Waals surface area (Å²) in [6.07, 6.45) is -5.09. The Bertz CT molecular complexity index is 274. The fraction of sp³-hybridized carbons (Fsp3) is 0.875. The van der Waals surface area contributed by atoms with E-state index >= 15 is 0 Å². The Labute approximate surface area is 96.5 Å². The molecular formula is C8H12ClF3N2O2. The van der Waals surface area contributed by atoms with Crippen LogP contribution in [0.3, 0.4) is 0 Å². The predicted octanol–water partition coefficient (Wildman–Crippen LogP) is 0.170. The lowest BCUT2D eigenvalue weighted by atomic mass is 10.1. The lowest BCUT2D eigenvalue weighted by Crippen LogP contribution is -2.56. The Morgan fingerprint density at radius 3 is 2.69 bits per heavy atom. The van der Waals surface area contributed by atoms with E-state index in [1.807, 2.05) is 0 Å². The molecule has 0 radical (unpaired) electrons. The zero-order valence-electron chi connectivity index (χ0n) is 8.29. The third-order valence-electron chi connectivity index (χ3n) is 2.70. The van der Waals surface area contributed by atoms with Gasteiger partial charge in [-0.3, -0.25) is 4.79 Å². The van der Waals surface area contributed by atoms with Crippen LogP contribution in [0.2, 0.25) is 0 Å². The Kier molecular flexibility index (Phi) is 4.03. The average molecular weight is 261 g/mol. The highest BCUT2D eigenvalue weighted by Crippen LogP contribution is 2.24. The summed E-state index contributed by atoms with van der Waals surface area (Å²) in [5, 5.41) is 2.91. The second kappa shape index (κ2) is 4.77. The fourth-order valence-electron chi connectivity index (χ4n) is 2.01. The summed E-state index contributed by atoms with van der Waals surface area (Å²) in [7, 11) is 0. The van der Waals surface area contributed by atoms with Gasteiger partial charge < -0.3 is 15.0 Å². The van der Waals surface area contributed by atoms with Crippen molar-refractivity contribution >= 4 is 18.3 Å². The second-order valence-corrected chi connectivity index (χ2v) is 3.63. The maximum atomic E-state index is 12.2. The van der Waals surface area contributed by atoms with Gasteiger partial charge in [0.15, 0.2) is 0 Å². The number of rotatable bonds is 0. The van der Waals surface area contributed by atoms with Gasteiger partial charge in [0.2, 0.25) is 0 Å². The highest BCUT2D eigenvalue weighted by Gasteiger charge is 2.48. The number of nitrogens with one attached hydrogen (secondary N) is 1. The van der Waals surface area contributed by atoms with Crippen LogP contribution in [0, 0.1) is 0 Å². The molecule has 2 aliphatic heterocycles. The Balaban J connectivity index is 0.00000128. The summed E-state index contributed by atoms with van der Waals surface area (Å²) in [6, 6.07) is -0.479. The van der Waals surface area contributed by atoms with Crippen LogP contribution in [-0.4, -0.2) is 55.4 Å². The highest BCUT2D eigenvalue weighted by molar-refractivity contribution is 5.85. The van der Waals surface area contributed by atoms with Crippen LogP contribution in [0.4, 0.5) is 13.2 Å². The van der Waals surface area contributed by atoms with Crippen LogP contribution in [-0.2, 0) is 9.53 Å². The third kappa shape index (κ3) is 2.41. The van der Waals surface area contributed by atoms with E-state index in [1.54, 1.807) is 0 Å². The number of halogens is 4. The molecule has 1 amide bonds. The van der Waals surface area contributed by atoms with Crippen LogP contribution < -0.4 is 5.32 Å². The molecule has 0 unspecified atom stereocenters. The minimum Gasteiger partial charge on any atom is -0.373 e. The molecule has 0 bridgehead atoms. The van der Waals surface area contributed by atoms with Crippen molar-refractivity contribution in [1.82, 2.24) is 10.2 Å². The number of amides is 1. The normalized spacial score (nSPS) is 29.6. The first kappa shape index (κ1) is 13.5. The third-order valence-corrected chi connectivity index (χ3v) is 2.70. The van der Waals surface area contributed by atoms with Gasteiger partial charge in [-0.05, 0) is 0 Å². The molecule has 2 atom stereocenters. The van der Waals surface area contributed by atoms with Crippen molar-refractivity contribution in [2.75, 3.05) is 26.2 Å². The number of hydrogen-bond donors (Lipinski definition) is 1. The number of carbonyl (C=O) groups is 1. The van der Waals surface area contributed by atoms with Crippen LogP contribution >= 0.6 is 12.4 Å². The lowest BCUT2D eigenvalue weighted by molar-refractivity contribution is -0.194. The van der Waals surface area contributed by atoms with Gasteiger partial charge in [0.05, 0.1) is 18.8 Å². The largest absolute Gasteiger partial charge is 0.471 e. The van der Waals surface area contributed by atoms with Gasteiger partial charge in [-0.2, -0.15) is 13.2 Å². The van der Waals surface area contributed by atoms with Gasteiger partial charge in [0, 0.05) is 19.6 Å². The van der Waals surface area contributed by atoms with Gasteiger partial charge in [0.25, 0.3) is 0 Å². The first-order valence-corrected chi connectivity index (χ1v) is 4.70. The minimum absolute atomic E-state index is 0. The smallest absolute Gasteiger partial charge is 0.373 e. The molecular weight excluding hydrogens is 249 g/mol. The second-order valence-electron chi connectivity index (χ2n) is 3.63. The molecule has 2 rings (SSSR count). The first-order chi connectivity index (χ1) is 7.00. The fourth-order valence-corrected chi connectivity index (χ4v) is 2.01. The number of morpholine rings is 1. The number of carbonyl (C=O) groups excluding carboxylic acids is 1. The average Bonchev–Trinajstić information content (AvgIpc) is 2.62. The number of alkyl halides is 3. The van der Waals surface area contributed by atoms with Crippen molar-refractivity contribution in [2.45, 2.75) is 18.3 Å². The van der Waals surface area contributed by atoms with Crippen molar-refractivity contribution in [2.24, 2.45) is 0 Å². The molecule has 0 aromatic heterocycles. The van der Waals surface area contributed by atoms with Gasteiger partial charge in [-0.1, -0.05) is 0 Å². The summed E-state index contributed by atoms with van der Waals surface area (Å²) in [5.41, 5.74) is 0. The number of fused-ring (bicyclic) bond motifs is 1. The Morgan fingerprint density at radius 1 is 1.38 bits per heavy atom. The molecule has 0 aromatic carbocycles. The van der Waals surface area contributed by atoms with E-state index < -0.39 is 18.1 Å². The number of hydrogen-bond acceptors (Lipinski definition) is 3. The van der Waals surface area contributed by atoms with Crippen molar-refractivity contribution in [3.63, 3.8) is 0 Å². The SMILES string of the molecule is Cl.O=C(N1CCO[C@@H]2CNC[C@H]21)C(F)(F)F. The Morgan fingerprint density at radius 2 is 2.06 bits per heavy atom. The quantitative estimate of drug-likeness (QED) is 0.675. The van der Waals surface area contributed by atoms with E-state index in [0.29, 0.717) is 13.1 Å². The molecule has 16 heavy (non-hydrogen) atoms. The molecule has 2 saturated heterocycles. The summed E-state index contributed by atoms with van der Waals surface area (Å²) in [6.45, 7) is 1.06. The predicted molar refractivity (Wildman–Crippen MR) is 51.4 cm³/mol. The maximum Gasteiger partial charge on any atom is 0.471 e. The molecule has 1 N–H and O–H groups in total. The van der Waals surface area contributed by atoms with Crippen molar-refractivity contribution in [1.29, 1.82) is 0 Å². The molecule has 8 heteroatoms. The summed E-state index contributed by atoms with van der Waals surface area (Å²) < 4.78 is 42.0. The molecule has 0 aromatic rings. The molecule has 2 fully saturated rings. The maximum absolute atomic E-state index is 12.2. The van der Waals surface area contributed by atoms with Crippen LogP contribution in [0.25, 0.3) is 0 Å². The van der Waals surface area contributed by atoms with Gasteiger partial charge >= 0.3 is 12.1 Å². The summed E-state index contributed by atoms with van der Waals surface area (Å²) in [5.74, 6) is -1.76. The van der Waals surface area contributed by atoms with Crippen molar-refractivity contribution in [3.05, 3.63) is 0 Å². The Hall–Kier alpha value is -0.530. The molecule has 4 nitrogen and oxygen atoms in total. The first-order valence-electron chi connectivity index (χ1n) is 4.70. The molecule has 0 aliphatic carbocycles. The lowest BCUT2D eigenvalue weighted by Gasteiger charge is -2.37. The molecule has 0 saturated carbocycles. The van der Waals surface area contributed by atoms with Gasteiger partial charge in [0.1, 0.15) is 0 Å². The molecule has 2 heterocycles. The topological polar surface area (TPSA) is 41.6 Å². The zero-order chi connectivity index (χ0) is 11.1. The van der Waals surface area contributed by atoms with Crippen LogP contribution in [0.5, 0.6) is 0 Å². The van der Waals surface area contributed by atoms with Crippen LogP contribution in [0.1, 0.15) is 0 Å². The van der Waals surface area contributed by atoms with Crippen molar-refractivity contribution in [3.8, 4) is 0 Å². The van der Waals surface area contributed by atoms with E-state index in [2.05, 4.69) is 5.32 Å². The van der Waals surface area contributed by atoms with E-state index in [4.69, 9.17) is 4.74 Å². The van der Waals surface area contributed by atoms with E-state index in [1.165, 1.54) is 0 Å². The summed E-state index contributed by atoms with van der Waals surface area (Å²) in [4.78, 5) is 11.9. The standard InChI is InChI=1S/C8H11F3N2O2.ClH/c9-8(10,11)7(14)13-1-2-15-6-4-12-3-5(6)13;/h5-6,12H,1-4H2;1H/t5-,6-;/m1./s1. The van der Waals surface area contributed by atoms with E-state index in [0.717, 1.165) is 4.90 Å². The number of nitrogens with zero attached hydrogens (tertiary/aromatic N) is 1. The van der Waals surface area contributed by atoms with E-state index in [9.17, 15) is 18.0 Å². The molecule has 94 valence electrons. The van der Waals surface area contributed by atoms with Crippen molar-refractivity contribution < 1.29 is 22.7 Å².